The lowest BCUT2D eigenvalue weighted by atomic mass is 10.1. The Morgan fingerprint density at radius 3 is 2.72 bits per heavy atom. The van der Waals surface area contributed by atoms with Crippen molar-refractivity contribution in [3.63, 3.8) is 0 Å². The van der Waals surface area contributed by atoms with Crippen molar-refractivity contribution in [3.8, 4) is 0 Å². The number of carbonyl (C=O) groups excluding carboxylic acids is 1. The summed E-state index contributed by atoms with van der Waals surface area (Å²) in [6, 6.07) is 4.46. The lowest BCUT2D eigenvalue weighted by molar-refractivity contribution is -0.119. The Kier molecular flexibility index (Phi) is 5.58. The molecule has 0 aliphatic heterocycles. The van der Waals surface area contributed by atoms with Crippen molar-refractivity contribution < 1.29 is 9.18 Å². The number of likely N-dealkylation sites (N-methyl/N-ethyl adjacent to an activating group) is 2. The van der Waals surface area contributed by atoms with Gasteiger partial charge in [0.15, 0.2) is 0 Å². The predicted molar refractivity (Wildman–Crippen MR) is 70.9 cm³/mol. The molecular formula is C13H20FN3O. The summed E-state index contributed by atoms with van der Waals surface area (Å²) in [5.41, 5.74) is 7.13. The molecule has 0 radical (unpaired) electrons. The van der Waals surface area contributed by atoms with E-state index >= 15 is 0 Å². The van der Waals surface area contributed by atoms with E-state index < -0.39 is 0 Å². The van der Waals surface area contributed by atoms with Crippen molar-refractivity contribution >= 4 is 11.6 Å². The third-order valence-corrected chi connectivity index (χ3v) is 2.69. The standard InChI is InChI=1S/C13H20FN3O/c1-3-16-13(18)9-17(4-2)12-6-5-11(14)7-10(12)8-15/h5-7H,3-4,8-9,15H2,1-2H3,(H,16,18). The zero-order valence-corrected chi connectivity index (χ0v) is 10.9. The van der Waals surface area contributed by atoms with Crippen molar-refractivity contribution in [1.82, 2.24) is 5.32 Å². The number of nitrogens with two attached hydrogens (primary N) is 1. The highest BCUT2D eigenvalue weighted by Gasteiger charge is 2.13. The number of anilines is 1. The highest BCUT2D eigenvalue weighted by atomic mass is 19.1. The van der Waals surface area contributed by atoms with E-state index in [-0.39, 0.29) is 24.8 Å². The first-order valence-corrected chi connectivity index (χ1v) is 6.12. The van der Waals surface area contributed by atoms with Gasteiger partial charge in [0.2, 0.25) is 5.91 Å². The van der Waals surface area contributed by atoms with Crippen LogP contribution in [0.25, 0.3) is 0 Å². The van der Waals surface area contributed by atoms with E-state index in [1.807, 2.05) is 18.7 Å². The number of benzene rings is 1. The van der Waals surface area contributed by atoms with E-state index in [2.05, 4.69) is 5.32 Å². The first-order valence-electron chi connectivity index (χ1n) is 6.12. The molecule has 0 fully saturated rings. The van der Waals surface area contributed by atoms with Gasteiger partial charge in [-0.15, -0.1) is 0 Å². The molecule has 5 heteroatoms. The fourth-order valence-electron chi connectivity index (χ4n) is 1.82. The summed E-state index contributed by atoms with van der Waals surface area (Å²) in [5, 5.41) is 2.74. The summed E-state index contributed by atoms with van der Waals surface area (Å²) in [6.07, 6.45) is 0. The van der Waals surface area contributed by atoms with Crippen LogP contribution in [0.2, 0.25) is 0 Å². The van der Waals surface area contributed by atoms with Crippen molar-refractivity contribution in [2.24, 2.45) is 5.73 Å². The van der Waals surface area contributed by atoms with Gasteiger partial charge < -0.3 is 16.0 Å². The van der Waals surface area contributed by atoms with Gasteiger partial charge >= 0.3 is 0 Å². The second-order valence-electron chi connectivity index (χ2n) is 3.94. The third-order valence-electron chi connectivity index (χ3n) is 2.69. The van der Waals surface area contributed by atoms with E-state index in [0.717, 1.165) is 5.69 Å². The van der Waals surface area contributed by atoms with Crippen LogP contribution in [0.1, 0.15) is 19.4 Å². The zero-order chi connectivity index (χ0) is 13.5. The molecule has 0 saturated heterocycles. The normalized spacial score (nSPS) is 10.2. The Bertz CT molecular complexity index is 409. The number of amides is 1. The molecule has 0 atom stereocenters. The summed E-state index contributed by atoms with van der Waals surface area (Å²) in [6.45, 7) is 5.58. The van der Waals surface area contributed by atoms with Gasteiger partial charge in [0.25, 0.3) is 0 Å². The van der Waals surface area contributed by atoms with Crippen molar-refractivity contribution in [2.75, 3.05) is 24.5 Å². The molecular weight excluding hydrogens is 233 g/mol. The summed E-state index contributed by atoms with van der Waals surface area (Å²) in [7, 11) is 0. The quantitative estimate of drug-likeness (QED) is 0.802. The highest BCUT2D eigenvalue weighted by molar-refractivity contribution is 5.81. The van der Waals surface area contributed by atoms with E-state index in [0.29, 0.717) is 18.7 Å². The molecule has 1 amide bonds. The molecule has 0 saturated carbocycles. The van der Waals surface area contributed by atoms with E-state index in [4.69, 9.17) is 5.73 Å². The van der Waals surface area contributed by atoms with Gasteiger partial charge in [-0.2, -0.15) is 0 Å². The van der Waals surface area contributed by atoms with E-state index in [9.17, 15) is 9.18 Å². The van der Waals surface area contributed by atoms with Gasteiger partial charge in [-0.1, -0.05) is 0 Å². The molecule has 0 aliphatic rings. The third kappa shape index (κ3) is 3.70. The topological polar surface area (TPSA) is 58.4 Å². The lowest BCUT2D eigenvalue weighted by Crippen LogP contribution is -2.37. The molecule has 4 nitrogen and oxygen atoms in total. The van der Waals surface area contributed by atoms with Crippen LogP contribution in [0.4, 0.5) is 10.1 Å². The van der Waals surface area contributed by atoms with Gasteiger partial charge in [0.1, 0.15) is 5.82 Å². The molecule has 1 aromatic rings. The molecule has 0 spiro atoms. The van der Waals surface area contributed by atoms with Crippen LogP contribution in [0.15, 0.2) is 18.2 Å². The van der Waals surface area contributed by atoms with Gasteiger partial charge in [0, 0.05) is 25.3 Å². The van der Waals surface area contributed by atoms with E-state index in [1.54, 1.807) is 6.07 Å². The molecule has 1 rings (SSSR count). The maximum atomic E-state index is 13.1. The Balaban J connectivity index is 2.90. The van der Waals surface area contributed by atoms with Crippen LogP contribution in [-0.2, 0) is 11.3 Å². The fourth-order valence-corrected chi connectivity index (χ4v) is 1.82. The maximum Gasteiger partial charge on any atom is 0.239 e. The van der Waals surface area contributed by atoms with Crippen molar-refractivity contribution in [3.05, 3.63) is 29.6 Å². The molecule has 0 bridgehead atoms. The smallest absolute Gasteiger partial charge is 0.239 e. The number of carbonyl (C=O) groups is 1. The number of nitrogens with zero attached hydrogens (tertiary/aromatic N) is 1. The Labute approximate surface area is 107 Å². The minimum atomic E-state index is -0.312. The monoisotopic (exact) mass is 253 g/mol. The maximum absolute atomic E-state index is 13.1. The van der Waals surface area contributed by atoms with Crippen LogP contribution in [0.3, 0.4) is 0 Å². The highest BCUT2D eigenvalue weighted by Crippen LogP contribution is 2.21. The predicted octanol–water partition coefficient (Wildman–Crippen LogP) is 1.25. The number of rotatable bonds is 6. The van der Waals surface area contributed by atoms with Crippen LogP contribution in [-0.4, -0.2) is 25.5 Å². The average molecular weight is 253 g/mol. The summed E-state index contributed by atoms with van der Waals surface area (Å²) < 4.78 is 13.1. The molecule has 3 N–H and O–H groups in total. The van der Waals surface area contributed by atoms with Crippen LogP contribution in [0.5, 0.6) is 0 Å². The summed E-state index contributed by atoms with van der Waals surface area (Å²) >= 11 is 0. The van der Waals surface area contributed by atoms with Gasteiger partial charge in [-0.25, -0.2) is 4.39 Å². The van der Waals surface area contributed by atoms with Crippen LogP contribution in [0, 0.1) is 5.82 Å². The SMILES string of the molecule is CCNC(=O)CN(CC)c1ccc(F)cc1CN. The number of halogens is 1. The lowest BCUT2D eigenvalue weighted by Gasteiger charge is -2.24. The Morgan fingerprint density at radius 2 is 2.17 bits per heavy atom. The van der Waals surface area contributed by atoms with Gasteiger partial charge in [-0.3, -0.25) is 4.79 Å². The summed E-state index contributed by atoms with van der Waals surface area (Å²) in [4.78, 5) is 13.5. The molecule has 1 aromatic carbocycles. The van der Waals surface area contributed by atoms with Crippen molar-refractivity contribution in [1.29, 1.82) is 0 Å². The molecule has 0 heterocycles. The first-order chi connectivity index (χ1) is 8.62. The molecule has 0 aliphatic carbocycles. The zero-order valence-electron chi connectivity index (χ0n) is 10.9. The molecule has 0 unspecified atom stereocenters. The molecule has 100 valence electrons. The summed E-state index contributed by atoms with van der Waals surface area (Å²) in [5.74, 6) is -0.361. The number of hydrogen-bond acceptors (Lipinski definition) is 3. The Hall–Kier alpha value is -1.62. The fraction of sp³-hybridized carbons (Fsp3) is 0.462. The van der Waals surface area contributed by atoms with Gasteiger partial charge in [-0.05, 0) is 37.6 Å². The Morgan fingerprint density at radius 1 is 1.44 bits per heavy atom. The van der Waals surface area contributed by atoms with Crippen LogP contribution < -0.4 is 16.0 Å². The van der Waals surface area contributed by atoms with Gasteiger partial charge in [0.05, 0.1) is 6.54 Å². The molecule has 0 aromatic heterocycles. The minimum Gasteiger partial charge on any atom is -0.362 e. The number of hydrogen-bond donors (Lipinski definition) is 2. The number of nitrogens with one attached hydrogen (secondary N) is 1. The average Bonchev–Trinajstić information content (AvgIpc) is 2.36. The second-order valence-corrected chi connectivity index (χ2v) is 3.94. The second kappa shape index (κ2) is 6.96. The van der Waals surface area contributed by atoms with Crippen LogP contribution >= 0.6 is 0 Å². The first kappa shape index (κ1) is 14.4. The molecule has 18 heavy (non-hydrogen) atoms. The van der Waals surface area contributed by atoms with E-state index in [1.165, 1.54) is 12.1 Å². The largest absolute Gasteiger partial charge is 0.362 e. The van der Waals surface area contributed by atoms with Crippen molar-refractivity contribution in [2.45, 2.75) is 20.4 Å². The minimum absolute atomic E-state index is 0.0494.